The lowest BCUT2D eigenvalue weighted by molar-refractivity contribution is 0.102. The first kappa shape index (κ1) is 12.9. The van der Waals surface area contributed by atoms with Crippen LogP contribution in [0.25, 0.3) is 10.8 Å². The summed E-state index contributed by atoms with van der Waals surface area (Å²) in [6.07, 6.45) is 0. The number of H-pyrrole nitrogens is 1. The molecule has 0 unspecified atom stereocenters. The van der Waals surface area contributed by atoms with Crippen molar-refractivity contribution in [2.45, 2.75) is 0 Å². The minimum absolute atomic E-state index is 0.103. The summed E-state index contributed by atoms with van der Waals surface area (Å²) in [4.78, 5) is 23.0. The lowest BCUT2D eigenvalue weighted by atomic mass is 10.1. The quantitative estimate of drug-likeness (QED) is 0.668. The maximum Gasteiger partial charge on any atom is 0.276 e. The molecule has 0 spiro atoms. The van der Waals surface area contributed by atoms with E-state index in [2.05, 4.69) is 15.5 Å². The van der Waals surface area contributed by atoms with E-state index in [1.165, 1.54) is 12.1 Å². The van der Waals surface area contributed by atoms with Crippen LogP contribution in [0.2, 0.25) is 0 Å². The van der Waals surface area contributed by atoms with E-state index in [9.17, 15) is 14.7 Å². The van der Waals surface area contributed by atoms with E-state index >= 15 is 0 Å². The van der Waals surface area contributed by atoms with Crippen molar-refractivity contribution in [3.63, 3.8) is 0 Å². The number of carbonyl (C=O) groups excluding carboxylic acids is 1. The van der Waals surface area contributed by atoms with Crippen molar-refractivity contribution in [1.82, 2.24) is 10.2 Å². The average Bonchev–Trinajstić information content (AvgIpc) is 2.49. The molecule has 2 aromatic carbocycles. The first-order chi connectivity index (χ1) is 10.1. The van der Waals surface area contributed by atoms with E-state index in [4.69, 9.17) is 0 Å². The highest BCUT2D eigenvalue weighted by atomic mass is 16.3. The summed E-state index contributed by atoms with van der Waals surface area (Å²) in [5, 5.41) is 19.8. The van der Waals surface area contributed by atoms with Crippen LogP contribution in [0, 0.1) is 0 Å². The van der Waals surface area contributed by atoms with Gasteiger partial charge in [-0.3, -0.25) is 9.59 Å². The fourth-order valence-electron chi connectivity index (χ4n) is 2.06. The Morgan fingerprint density at radius 1 is 1.05 bits per heavy atom. The van der Waals surface area contributed by atoms with Gasteiger partial charge in [0.15, 0.2) is 0 Å². The molecule has 0 bridgehead atoms. The normalized spacial score (nSPS) is 10.5. The Labute approximate surface area is 119 Å². The van der Waals surface area contributed by atoms with Gasteiger partial charge in [-0.05, 0) is 18.2 Å². The zero-order chi connectivity index (χ0) is 14.8. The van der Waals surface area contributed by atoms with Crippen LogP contribution >= 0.6 is 0 Å². The number of phenolic OH excluding ortho intramolecular Hbond substituents is 1. The molecule has 3 rings (SSSR count). The number of aromatic hydroxyl groups is 1. The van der Waals surface area contributed by atoms with Crippen molar-refractivity contribution in [2.24, 2.45) is 0 Å². The van der Waals surface area contributed by atoms with Crippen molar-refractivity contribution >= 4 is 22.4 Å². The number of aromatic nitrogens is 2. The third-order valence-corrected chi connectivity index (χ3v) is 3.06. The van der Waals surface area contributed by atoms with Crippen molar-refractivity contribution in [1.29, 1.82) is 0 Å². The molecule has 0 aliphatic carbocycles. The summed E-state index contributed by atoms with van der Waals surface area (Å²) in [7, 11) is 0. The minimum atomic E-state index is -0.443. The van der Waals surface area contributed by atoms with Crippen LogP contribution in [-0.2, 0) is 0 Å². The van der Waals surface area contributed by atoms with Gasteiger partial charge in [0.05, 0.1) is 0 Å². The van der Waals surface area contributed by atoms with Gasteiger partial charge >= 0.3 is 0 Å². The maximum atomic E-state index is 12.1. The number of hydrogen-bond acceptors (Lipinski definition) is 4. The number of hydrogen-bond donors (Lipinski definition) is 3. The Bertz CT molecular complexity index is 866. The molecular weight excluding hydrogens is 270 g/mol. The molecule has 104 valence electrons. The highest BCUT2D eigenvalue weighted by molar-refractivity contribution is 6.08. The second-order valence-corrected chi connectivity index (χ2v) is 4.44. The Balaban J connectivity index is 1.98. The van der Waals surface area contributed by atoms with Gasteiger partial charge in [0.1, 0.15) is 11.4 Å². The number of nitrogens with one attached hydrogen (secondary N) is 2. The van der Waals surface area contributed by atoms with Crippen molar-refractivity contribution in [3.05, 3.63) is 64.6 Å². The summed E-state index contributed by atoms with van der Waals surface area (Å²) in [6, 6.07) is 12.9. The summed E-state index contributed by atoms with van der Waals surface area (Å²) < 4.78 is 0. The summed E-state index contributed by atoms with van der Waals surface area (Å²) in [6.45, 7) is 0. The first-order valence-corrected chi connectivity index (χ1v) is 6.23. The lowest BCUT2D eigenvalue weighted by Crippen LogP contribution is -2.17. The fraction of sp³-hybridized carbons (Fsp3) is 0. The van der Waals surface area contributed by atoms with Gasteiger partial charge in [0.25, 0.3) is 11.5 Å². The van der Waals surface area contributed by atoms with Gasteiger partial charge in [-0.1, -0.05) is 24.3 Å². The second-order valence-electron chi connectivity index (χ2n) is 4.44. The van der Waals surface area contributed by atoms with E-state index in [0.29, 0.717) is 11.1 Å². The number of amides is 1. The average molecular weight is 281 g/mol. The van der Waals surface area contributed by atoms with Gasteiger partial charge in [-0.25, -0.2) is 5.10 Å². The number of rotatable bonds is 2. The van der Waals surface area contributed by atoms with Crippen molar-refractivity contribution < 1.29 is 9.90 Å². The van der Waals surface area contributed by atoms with Gasteiger partial charge in [0, 0.05) is 22.5 Å². The first-order valence-electron chi connectivity index (χ1n) is 6.23. The molecular formula is C15H11N3O3. The lowest BCUT2D eigenvalue weighted by Gasteiger charge is -2.09. The number of nitrogens with zero attached hydrogens (tertiary/aromatic N) is 1. The predicted molar refractivity (Wildman–Crippen MR) is 78.4 cm³/mol. The highest BCUT2D eigenvalue weighted by Crippen LogP contribution is 2.29. The Hall–Kier alpha value is -3.15. The zero-order valence-electron chi connectivity index (χ0n) is 10.8. The summed E-state index contributed by atoms with van der Waals surface area (Å²) in [5.41, 5.74) is 0.287. The van der Waals surface area contributed by atoms with Crippen LogP contribution in [0.4, 0.5) is 5.69 Å². The maximum absolute atomic E-state index is 12.1. The third kappa shape index (κ3) is 2.46. The Morgan fingerprint density at radius 2 is 1.81 bits per heavy atom. The molecule has 21 heavy (non-hydrogen) atoms. The SMILES string of the molecule is O=C(Nc1cccc2c(O)cccc12)c1ccc(=O)[nH]n1. The number of carbonyl (C=O) groups is 1. The van der Waals surface area contributed by atoms with Gasteiger partial charge in [-0.15, -0.1) is 0 Å². The van der Waals surface area contributed by atoms with E-state index in [-0.39, 0.29) is 17.0 Å². The van der Waals surface area contributed by atoms with Crippen LogP contribution in [0.15, 0.2) is 53.3 Å². The molecule has 3 aromatic rings. The molecule has 1 amide bonds. The van der Waals surface area contributed by atoms with Gasteiger partial charge < -0.3 is 10.4 Å². The van der Waals surface area contributed by atoms with Crippen LogP contribution in [0.1, 0.15) is 10.5 Å². The number of anilines is 1. The molecule has 0 radical (unpaired) electrons. The number of benzene rings is 2. The third-order valence-electron chi connectivity index (χ3n) is 3.06. The molecule has 0 saturated heterocycles. The number of phenols is 1. The van der Waals surface area contributed by atoms with Gasteiger partial charge in [0.2, 0.25) is 0 Å². The molecule has 0 aliphatic heterocycles. The Kier molecular flexibility index (Phi) is 3.12. The fourth-order valence-corrected chi connectivity index (χ4v) is 2.06. The second kappa shape index (κ2) is 5.09. The standard InChI is InChI=1S/C15H11N3O3/c19-13-6-2-3-9-10(13)4-1-5-11(9)16-15(21)12-7-8-14(20)18-17-12/h1-8,19H,(H,16,21)(H,18,20). The topological polar surface area (TPSA) is 95.1 Å². The van der Waals surface area contributed by atoms with Crippen molar-refractivity contribution in [3.8, 4) is 5.75 Å². The van der Waals surface area contributed by atoms with Crippen LogP contribution < -0.4 is 10.9 Å². The number of aromatic amines is 1. The summed E-state index contributed by atoms with van der Waals surface area (Å²) >= 11 is 0. The predicted octanol–water partition coefficient (Wildman–Crippen LogP) is 1.88. The van der Waals surface area contributed by atoms with E-state index < -0.39 is 5.91 Å². The van der Waals surface area contributed by atoms with Crippen LogP contribution in [0.5, 0.6) is 5.75 Å². The molecule has 0 aliphatic rings. The largest absolute Gasteiger partial charge is 0.507 e. The monoisotopic (exact) mass is 281 g/mol. The molecule has 3 N–H and O–H groups in total. The molecule has 0 fully saturated rings. The van der Waals surface area contributed by atoms with E-state index in [1.54, 1.807) is 36.4 Å². The van der Waals surface area contributed by atoms with Crippen LogP contribution in [0.3, 0.4) is 0 Å². The summed E-state index contributed by atoms with van der Waals surface area (Å²) in [5.74, 6) is -0.298. The van der Waals surface area contributed by atoms with Crippen molar-refractivity contribution in [2.75, 3.05) is 5.32 Å². The molecule has 1 aromatic heterocycles. The highest BCUT2D eigenvalue weighted by Gasteiger charge is 2.10. The van der Waals surface area contributed by atoms with Gasteiger partial charge in [-0.2, -0.15) is 5.10 Å². The molecule has 6 nitrogen and oxygen atoms in total. The minimum Gasteiger partial charge on any atom is -0.507 e. The molecule has 0 atom stereocenters. The Morgan fingerprint density at radius 3 is 2.57 bits per heavy atom. The smallest absolute Gasteiger partial charge is 0.276 e. The molecule has 1 heterocycles. The number of fused-ring (bicyclic) bond motifs is 1. The van der Waals surface area contributed by atoms with E-state index in [1.807, 2.05) is 0 Å². The van der Waals surface area contributed by atoms with Crippen LogP contribution in [-0.4, -0.2) is 21.2 Å². The van der Waals surface area contributed by atoms with E-state index in [0.717, 1.165) is 5.39 Å². The molecule has 0 saturated carbocycles. The molecule has 6 heteroatoms. The zero-order valence-corrected chi connectivity index (χ0v) is 10.8.